The highest BCUT2D eigenvalue weighted by Crippen LogP contribution is 2.35. The maximum Gasteiger partial charge on any atom is 0.349 e. The number of aromatic nitrogens is 5. The SMILES string of the molecule is CC(C)c1cc(Oc2cc(Cl)c(-n3nc(C#N)c(=O)[nH]c3=O)cc2Cl)n[nH]c1=O. The molecule has 0 radical (unpaired) electrons. The van der Waals surface area contributed by atoms with E-state index in [1.54, 1.807) is 6.07 Å². The van der Waals surface area contributed by atoms with Crippen LogP contribution < -0.4 is 21.5 Å². The largest absolute Gasteiger partial charge is 0.436 e. The van der Waals surface area contributed by atoms with Gasteiger partial charge in [0, 0.05) is 17.7 Å². The van der Waals surface area contributed by atoms with Crippen LogP contribution in [0.4, 0.5) is 0 Å². The topological polar surface area (TPSA) is 147 Å². The summed E-state index contributed by atoms with van der Waals surface area (Å²) in [6.45, 7) is 3.69. The number of H-pyrrole nitrogens is 2. The van der Waals surface area contributed by atoms with Crippen molar-refractivity contribution in [2.24, 2.45) is 0 Å². The van der Waals surface area contributed by atoms with E-state index in [0.29, 0.717) is 5.56 Å². The molecule has 2 N–H and O–H groups in total. The first-order valence-corrected chi connectivity index (χ1v) is 8.87. The van der Waals surface area contributed by atoms with E-state index in [1.807, 2.05) is 18.8 Å². The zero-order valence-electron chi connectivity index (χ0n) is 15.0. The Balaban J connectivity index is 2.05. The molecule has 0 atom stereocenters. The predicted octanol–water partition coefficient (Wildman–Crippen LogP) is 2.10. The van der Waals surface area contributed by atoms with Gasteiger partial charge in [0.05, 0.1) is 15.7 Å². The zero-order chi connectivity index (χ0) is 21.3. The summed E-state index contributed by atoms with van der Waals surface area (Å²) in [6, 6.07) is 5.65. The van der Waals surface area contributed by atoms with Crippen LogP contribution in [0, 0.1) is 11.3 Å². The van der Waals surface area contributed by atoms with Crippen LogP contribution in [-0.4, -0.2) is 25.0 Å². The number of aromatic amines is 2. The van der Waals surface area contributed by atoms with Crippen LogP contribution in [0.5, 0.6) is 11.6 Å². The number of nitriles is 1. The van der Waals surface area contributed by atoms with Crippen molar-refractivity contribution in [1.82, 2.24) is 25.0 Å². The fraction of sp³-hybridized carbons (Fsp3) is 0.176. The number of nitrogens with one attached hydrogen (secondary N) is 2. The minimum Gasteiger partial charge on any atom is -0.436 e. The quantitative estimate of drug-likeness (QED) is 0.638. The maximum atomic E-state index is 12.0. The molecule has 0 aliphatic rings. The van der Waals surface area contributed by atoms with Crippen molar-refractivity contribution in [2.75, 3.05) is 0 Å². The number of hydrogen-bond acceptors (Lipinski definition) is 7. The lowest BCUT2D eigenvalue weighted by atomic mass is 10.1. The smallest absolute Gasteiger partial charge is 0.349 e. The van der Waals surface area contributed by atoms with Crippen LogP contribution in [0.1, 0.15) is 31.0 Å². The van der Waals surface area contributed by atoms with Gasteiger partial charge in [-0.1, -0.05) is 37.0 Å². The molecule has 3 aromatic rings. The van der Waals surface area contributed by atoms with Crippen LogP contribution in [0.3, 0.4) is 0 Å². The van der Waals surface area contributed by atoms with E-state index in [1.165, 1.54) is 18.2 Å². The minimum absolute atomic E-state index is 0.00319. The first-order valence-electron chi connectivity index (χ1n) is 8.12. The molecule has 148 valence electrons. The molecule has 2 aromatic heterocycles. The number of ether oxygens (including phenoxy) is 1. The average molecular weight is 435 g/mol. The monoisotopic (exact) mass is 434 g/mol. The summed E-state index contributed by atoms with van der Waals surface area (Å²) in [7, 11) is 0. The normalized spacial score (nSPS) is 10.8. The lowest BCUT2D eigenvalue weighted by molar-refractivity contribution is 0.452. The molecule has 2 heterocycles. The van der Waals surface area contributed by atoms with Gasteiger partial charge in [-0.25, -0.2) is 9.89 Å². The van der Waals surface area contributed by atoms with Crippen LogP contribution in [0.25, 0.3) is 5.69 Å². The number of nitrogens with zero attached hydrogens (tertiary/aromatic N) is 4. The second-order valence-corrected chi connectivity index (χ2v) is 6.93. The van der Waals surface area contributed by atoms with Gasteiger partial charge in [-0.3, -0.25) is 14.6 Å². The van der Waals surface area contributed by atoms with Gasteiger partial charge >= 0.3 is 5.69 Å². The highest BCUT2D eigenvalue weighted by Gasteiger charge is 2.16. The molecule has 0 aliphatic carbocycles. The van der Waals surface area contributed by atoms with E-state index in [2.05, 4.69) is 15.3 Å². The van der Waals surface area contributed by atoms with Crippen molar-refractivity contribution in [3.63, 3.8) is 0 Å². The summed E-state index contributed by atoms with van der Waals surface area (Å²) in [5.74, 6) is 0.135. The third kappa shape index (κ3) is 4.06. The molecule has 0 saturated carbocycles. The van der Waals surface area contributed by atoms with Crippen molar-refractivity contribution >= 4 is 23.2 Å². The van der Waals surface area contributed by atoms with Gasteiger partial charge < -0.3 is 4.74 Å². The van der Waals surface area contributed by atoms with E-state index in [9.17, 15) is 14.4 Å². The van der Waals surface area contributed by atoms with Crippen molar-refractivity contribution in [1.29, 1.82) is 5.26 Å². The van der Waals surface area contributed by atoms with Crippen molar-refractivity contribution in [2.45, 2.75) is 19.8 Å². The van der Waals surface area contributed by atoms with Crippen LogP contribution >= 0.6 is 23.2 Å². The van der Waals surface area contributed by atoms with Gasteiger partial charge in [0.1, 0.15) is 11.8 Å². The van der Waals surface area contributed by atoms with Gasteiger partial charge in [-0.15, -0.1) is 10.2 Å². The molecule has 0 aliphatic heterocycles. The van der Waals surface area contributed by atoms with E-state index < -0.39 is 16.9 Å². The summed E-state index contributed by atoms with van der Waals surface area (Å²) in [5.41, 5.74) is -2.16. The molecule has 12 heteroatoms. The first-order chi connectivity index (χ1) is 13.7. The molecule has 0 saturated heterocycles. The molecule has 10 nitrogen and oxygen atoms in total. The second kappa shape index (κ2) is 7.90. The number of hydrogen-bond donors (Lipinski definition) is 2. The van der Waals surface area contributed by atoms with Crippen molar-refractivity contribution in [3.05, 3.63) is 70.7 Å². The Morgan fingerprint density at radius 3 is 2.52 bits per heavy atom. The van der Waals surface area contributed by atoms with Crippen molar-refractivity contribution in [3.8, 4) is 23.4 Å². The van der Waals surface area contributed by atoms with Gasteiger partial charge in [-0.05, 0) is 12.0 Å². The Morgan fingerprint density at radius 1 is 1.14 bits per heavy atom. The Labute approximate surface area is 172 Å². The predicted molar refractivity (Wildman–Crippen MR) is 104 cm³/mol. The van der Waals surface area contributed by atoms with Crippen LogP contribution in [-0.2, 0) is 0 Å². The summed E-state index contributed by atoms with van der Waals surface area (Å²) in [6.07, 6.45) is 0. The molecule has 0 amide bonds. The highest BCUT2D eigenvalue weighted by molar-refractivity contribution is 6.35. The third-order valence-corrected chi connectivity index (χ3v) is 4.41. The summed E-state index contributed by atoms with van der Waals surface area (Å²) < 4.78 is 6.35. The number of benzene rings is 1. The zero-order valence-corrected chi connectivity index (χ0v) is 16.5. The molecule has 0 unspecified atom stereocenters. The van der Waals surface area contributed by atoms with Gasteiger partial charge in [-0.2, -0.15) is 9.94 Å². The Kier molecular flexibility index (Phi) is 5.54. The molecular weight excluding hydrogens is 423 g/mol. The van der Waals surface area contributed by atoms with Crippen molar-refractivity contribution < 1.29 is 4.74 Å². The number of rotatable bonds is 4. The molecule has 3 rings (SSSR count). The van der Waals surface area contributed by atoms with E-state index in [4.69, 9.17) is 33.2 Å². The van der Waals surface area contributed by atoms with Gasteiger partial charge in [0.15, 0.2) is 0 Å². The number of halogens is 2. The Hall–Kier alpha value is -3.42. The Bertz CT molecular complexity index is 1320. The molecular formula is C17H12Cl2N6O4. The third-order valence-electron chi connectivity index (χ3n) is 3.81. The summed E-state index contributed by atoms with van der Waals surface area (Å²) in [5, 5.41) is 18.8. The Morgan fingerprint density at radius 2 is 1.86 bits per heavy atom. The lowest BCUT2D eigenvalue weighted by Gasteiger charge is -2.12. The van der Waals surface area contributed by atoms with Gasteiger partial charge in [0.2, 0.25) is 11.6 Å². The van der Waals surface area contributed by atoms with Crippen LogP contribution in [0.2, 0.25) is 10.0 Å². The molecule has 0 fully saturated rings. The summed E-state index contributed by atoms with van der Waals surface area (Å²) in [4.78, 5) is 37.3. The summed E-state index contributed by atoms with van der Waals surface area (Å²) >= 11 is 12.5. The molecule has 0 spiro atoms. The second-order valence-electron chi connectivity index (χ2n) is 6.11. The standard InChI is InChI=1S/C17H12Cl2N6O4/c1-7(2)8-3-14(22-23-15(8)26)29-13-5-9(18)12(4-10(13)19)25-17(28)21-16(27)11(6-20)24-25/h3-5,7H,1-2H3,(H,23,26)(H,21,27,28). The average Bonchev–Trinajstić information content (AvgIpc) is 2.66. The molecule has 29 heavy (non-hydrogen) atoms. The van der Waals surface area contributed by atoms with E-state index >= 15 is 0 Å². The molecule has 0 bridgehead atoms. The minimum atomic E-state index is -0.916. The maximum absolute atomic E-state index is 12.0. The highest BCUT2D eigenvalue weighted by atomic mass is 35.5. The molecule has 1 aromatic carbocycles. The van der Waals surface area contributed by atoms with E-state index in [0.717, 1.165) is 4.68 Å². The van der Waals surface area contributed by atoms with Crippen LogP contribution in [0.15, 0.2) is 32.6 Å². The fourth-order valence-corrected chi connectivity index (χ4v) is 2.82. The lowest BCUT2D eigenvalue weighted by Crippen LogP contribution is -2.33. The first kappa shape index (κ1) is 20.3. The van der Waals surface area contributed by atoms with Gasteiger partial charge in [0.25, 0.3) is 11.1 Å². The fourth-order valence-electron chi connectivity index (χ4n) is 2.39. The van der Waals surface area contributed by atoms with E-state index in [-0.39, 0.29) is 38.8 Å².